The molecule has 0 spiro atoms. The summed E-state index contributed by atoms with van der Waals surface area (Å²) in [5.74, 6) is -0.706. The maximum Gasteiger partial charge on any atom is 0.573 e. The van der Waals surface area contributed by atoms with Gasteiger partial charge in [0.25, 0.3) is 0 Å². The van der Waals surface area contributed by atoms with Gasteiger partial charge in [0.05, 0.1) is 18.8 Å². The molecular formula is C28H24ClF4N7O3. The van der Waals surface area contributed by atoms with Gasteiger partial charge in [-0.2, -0.15) is 4.98 Å². The lowest BCUT2D eigenvalue weighted by molar-refractivity contribution is -0.274. The van der Waals surface area contributed by atoms with Crippen molar-refractivity contribution in [1.29, 1.82) is 0 Å². The third-order valence-corrected chi connectivity index (χ3v) is 6.92. The predicted octanol–water partition coefficient (Wildman–Crippen LogP) is 4.07. The lowest BCUT2D eigenvalue weighted by atomic mass is 10.1. The summed E-state index contributed by atoms with van der Waals surface area (Å²) < 4.78 is 57.1. The van der Waals surface area contributed by atoms with Crippen LogP contribution in [0.1, 0.15) is 16.7 Å². The zero-order valence-electron chi connectivity index (χ0n) is 22.3. The molecule has 0 saturated carbocycles. The monoisotopic (exact) mass is 617 g/mol. The van der Waals surface area contributed by atoms with Crippen LogP contribution in [-0.4, -0.2) is 44.4 Å². The van der Waals surface area contributed by atoms with Crippen LogP contribution in [0.5, 0.6) is 5.75 Å². The van der Waals surface area contributed by atoms with E-state index in [-0.39, 0.29) is 31.5 Å². The molecule has 0 atom stereocenters. The van der Waals surface area contributed by atoms with Crippen molar-refractivity contribution < 1.29 is 22.3 Å². The first kappa shape index (κ1) is 29.6. The molecule has 10 nitrogen and oxygen atoms in total. The van der Waals surface area contributed by atoms with Gasteiger partial charge in [-0.3, -0.25) is 4.57 Å². The van der Waals surface area contributed by atoms with E-state index in [0.717, 1.165) is 22.3 Å². The van der Waals surface area contributed by atoms with Gasteiger partial charge in [-0.1, -0.05) is 41.9 Å². The molecule has 3 N–H and O–H groups in total. The first-order valence-electron chi connectivity index (χ1n) is 12.9. The van der Waals surface area contributed by atoms with E-state index in [1.807, 2.05) is 0 Å². The molecule has 1 aliphatic heterocycles. The molecule has 0 amide bonds. The molecule has 0 radical (unpaired) electrons. The van der Waals surface area contributed by atoms with Gasteiger partial charge in [-0.05, 0) is 47.5 Å². The van der Waals surface area contributed by atoms with Crippen LogP contribution in [0, 0.1) is 5.82 Å². The zero-order chi connectivity index (χ0) is 30.7. The number of nitrogens with two attached hydrogens (primary N) is 1. The highest BCUT2D eigenvalue weighted by Gasteiger charge is 2.31. The number of nitrogens with one attached hydrogen (secondary N) is 1. The van der Waals surface area contributed by atoms with Gasteiger partial charge >= 0.3 is 17.7 Å². The fourth-order valence-corrected chi connectivity index (χ4v) is 4.69. The number of hydrogen-bond acceptors (Lipinski definition) is 8. The highest BCUT2D eigenvalue weighted by molar-refractivity contribution is 6.31. The van der Waals surface area contributed by atoms with Crippen LogP contribution in [0.15, 0.2) is 81.3 Å². The number of anilines is 1. The average Bonchev–Trinajstić information content (AvgIpc) is 2.95. The first-order valence-corrected chi connectivity index (χ1v) is 13.3. The molecule has 0 saturated heterocycles. The smallest absolute Gasteiger partial charge is 0.406 e. The van der Waals surface area contributed by atoms with Crippen molar-refractivity contribution in [3.63, 3.8) is 0 Å². The molecule has 3 aromatic carbocycles. The second-order valence-electron chi connectivity index (χ2n) is 9.55. The number of ether oxygens (including phenoxy) is 1. The molecule has 1 aliphatic rings. The molecule has 0 unspecified atom stereocenters. The SMILES string of the molecule is NC1=Nc2cccc(Cl)c2CN1CCNc1nc(=O)n(Cc2ccc(F)cc2)c(=O)n1Cc1ccc(OC(F)(F)F)cc1. The molecule has 2 heterocycles. The van der Waals surface area contributed by atoms with E-state index in [2.05, 4.69) is 20.0 Å². The van der Waals surface area contributed by atoms with Crippen LogP contribution in [0.25, 0.3) is 0 Å². The normalized spacial score (nSPS) is 13.0. The first-order chi connectivity index (χ1) is 20.5. The fourth-order valence-electron chi connectivity index (χ4n) is 4.46. The average molecular weight is 618 g/mol. The molecular weight excluding hydrogens is 594 g/mol. The quantitative estimate of drug-likeness (QED) is 0.272. The number of alkyl halides is 3. The second kappa shape index (κ2) is 12.2. The number of aliphatic imine (C=N–C) groups is 1. The topological polar surface area (TPSA) is 120 Å². The summed E-state index contributed by atoms with van der Waals surface area (Å²) in [6, 6.07) is 15.6. The van der Waals surface area contributed by atoms with Gasteiger partial charge in [0, 0.05) is 30.2 Å². The van der Waals surface area contributed by atoms with E-state index >= 15 is 0 Å². The Morgan fingerprint density at radius 1 is 0.953 bits per heavy atom. The van der Waals surface area contributed by atoms with Crippen molar-refractivity contribution in [2.24, 2.45) is 10.7 Å². The number of aromatic nitrogens is 3. The Kier molecular flexibility index (Phi) is 8.39. The highest BCUT2D eigenvalue weighted by Crippen LogP contribution is 2.31. The van der Waals surface area contributed by atoms with Crippen molar-refractivity contribution >= 4 is 29.2 Å². The number of nitrogens with zero attached hydrogens (tertiary/aromatic N) is 5. The number of fused-ring (bicyclic) bond motifs is 1. The van der Waals surface area contributed by atoms with E-state index < -0.39 is 29.3 Å². The standard InChI is InChI=1S/C28H24ClF4N7O3/c29-22-2-1-3-23-21(22)16-38(24(34)36-23)13-12-35-25-37-26(41)40(15-17-4-8-19(30)9-5-17)27(42)39(25)14-18-6-10-20(11-7-18)43-28(31,32)33/h1-11H,12-16H2,(H2,34,36)(H,35,37,41). The second-order valence-corrected chi connectivity index (χ2v) is 9.95. The molecule has 1 aromatic heterocycles. The molecule has 15 heteroatoms. The molecule has 5 rings (SSSR count). The third kappa shape index (κ3) is 7.15. The minimum Gasteiger partial charge on any atom is -0.406 e. The predicted molar refractivity (Wildman–Crippen MR) is 152 cm³/mol. The maximum atomic E-state index is 13.6. The number of halogens is 5. The van der Waals surface area contributed by atoms with Gasteiger partial charge in [0.15, 0.2) is 5.96 Å². The van der Waals surface area contributed by atoms with Crippen molar-refractivity contribution in [3.8, 4) is 5.75 Å². The molecule has 43 heavy (non-hydrogen) atoms. The highest BCUT2D eigenvalue weighted by atomic mass is 35.5. The van der Waals surface area contributed by atoms with E-state index in [1.54, 1.807) is 23.1 Å². The van der Waals surface area contributed by atoms with Gasteiger partial charge < -0.3 is 20.7 Å². The van der Waals surface area contributed by atoms with E-state index in [4.69, 9.17) is 17.3 Å². The Bertz CT molecular complexity index is 1770. The number of benzene rings is 3. The Balaban J connectivity index is 1.40. The molecule has 0 bridgehead atoms. The lowest BCUT2D eigenvalue weighted by Crippen LogP contribution is -2.44. The Morgan fingerprint density at radius 3 is 2.28 bits per heavy atom. The summed E-state index contributed by atoms with van der Waals surface area (Å²) in [5, 5.41) is 3.53. The summed E-state index contributed by atoms with van der Waals surface area (Å²) in [6.07, 6.45) is -4.86. The molecule has 0 fully saturated rings. The van der Waals surface area contributed by atoms with Crippen LogP contribution < -0.4 is 27.2 Å². The van der Waals surface area contributed by atoms with E-state index in [9.17, 15) is 27.2 Å². The minimum absolute atomic E-state index is 0.0630. The van der Waals surface area contributed by atoms with Crippen LogP contribution >= 0.6 is 11.6 Å². The van der Waals surface area contributed by atoms with Crippen LogP contribution in [0.4, 0.5) is 29.2 Å². The van der Waals surface area contributed by atoms with Crippen molar-refractivity contribution in [2.75, 3.05) is 18.4 Å². The summed E-state index contributed by atoms with van der Waals surface area (Å²) in [6.45, 7) is 0.559. The van der Waals surface area contributed by atoms with Crippen molar-refractivity contribution in [1.82, 2.24) is 19.0 Å². The van der Waals surface area contributed by atoms with Gasteiger partial charge in [0.2, 0.25) is 5.95 Å². The Morgan fingerprint density at radius 2 is 1.60 bits per heavy atom. The minimum atomic E-state index is -4.86. The maximum absolute atomic E-state index is 13.6. The summed E-state index contributed by atoms with van der Waals surface area (Å²) in [4.78, 5) is 36.7. The molecule has 4 aromatic rings. The number of guanidine groups is 1. The van der Waals surface area contributed by atoms with Crippen molar-refractivity contribution in [3.05, 3.63) is 115 Å². The Labute approximate surface area is 246 Å². The van der Waals surface area contributed by atoms with Crippen LogP contribution in [0.2, 0.25) is 5.02 Å². The van der Waals surface area contributed by atoms with Gasteiger partial charge in [-0.25, -0.2) is 23.5 Å². The summed E-state index contributed by atoms with van der Waals surface area (Å²) in [5.41, 5.74) is 6.95. The van der Waals surface area contributed by atoms with Gasteiger partial charge in [0.1, 0.15) is 11.6 Å². The van der Waals surface area contributed by atoms with Crippen LogP contribution in [-0.2, 0) is 19.6 Å². The molecule has 0 aliphatic carbocycles. The zero-order valence-corrected chi connectivity index (χ0v) is 23.1. The van der Waals surface area contributed by atoms with Crippen LogP contribution in [0.3, 0.4) is 0 Å². The van der Waals surface area contributed by atoms with Gasteiger partial charge in [-0.15, -0.1) is 13.2 Å². The largest absolute Gasteiger partial charge is 0.573 e. The lowest BCUT2D eigenvalue weighted by Gasteiger charge is -2.28. The third-order valence-electron chi connectivity index (χ3n) is 6.57. The molecule has 224 valence electrons. The van der Waals surface area contributed by atoms with E-state index in [0.29, 0.717) is 34.9 Å². The van der Waals surface area contributed by atoms with E-state index in [1.165, 1.54) is 41.0 Å². The van der Waals surface area contributed by atoms with Crippen molar-refractivity contribution in [2.45, 2.75) is 26.0 Å². The fraction of sp³-hybridized carbons (Fsp3) is 0.214. The summed E-state index contributed by atoms with van der Waals surface area (Å²) >= 11 is 6.32. The number of rotatable bonds is 9. The Hall–Kier alpha value is -4.85. The number of hydrogen-bond donors (Lipinski definition) is 2. The summed E-state index contributed by atoms with van der Waals surface area (Å²) in [7, 11) is 0.